The van der Waals surface area contributed by atoms with E-state index < -0.39 is 0 Å². The third kappa shape index (κ3) is 1.59. The predicted octanol–water partition coefficient (Wildman–Crippen LogP) is 2.78. The molecule has 3 N–H and O–H groups in total. The minimum atomic E-state index is 0.0881. The summed E-state index contributed by atoms with van der Waals surface area (Å²) in [6.45, 7) is 0. The summed E-state index contributed by atoms with van der Waals surface area (Å²) in [6, 6.07) is 12.3. The molecule has 4 heteroatoms. The number of hydrogen-bond donors (Lipinski definition) is 2. The van der Waals surface area contributed by atoms with Crippen LogP contribution in [0.4, 0.5) is 5.69 Å². The van der Waals surface area contributed by atoms with Gasteiger partial charge in [-0.05, 0) is 30.3 Å². The van der Waals surface area contributed by atoms with E-state index in [9.17, 15) is 5.11 Å². The fourth-order valence-corrected chi connectivity index (χ4v) is 1.73. The second kappa shape index (κ2) is 3.52. The van der Waals surface area contributed by atoms with Crippen molar-refractivity contribution in [2.24, 2.45) is 0 Å². The van der Waals surface area contributed by atoms with Crippen LogP contribution in [0.1, 0.15) is 0 Å². The zero-order valence-corrected chi connectivity index (χ0v) is 8.92. The number of nitrogens with zero attached hydrogens (tertiary/aromatic N) is 1. The number of hydrogen-bond acceptors (Lipinski definition) is 4. The summed E-state index contributed by atoms with van der Waals surface area (Å²) >= 11 is 0. The van der Waals surface area contributed by atoms with E-state index in [0.717, 1.165) is 5.56 Å². The fraction of sp³-hybridized carbons (Fsp3) is 0. The van der Waals surface area contributed by atoms with Crippen molar-refractivity contribution >= 4 is 16.8 Å². The van der Waals surface area contributed by atoms with Crippen LogP contribution in [-0.2, 0) is 0 Å². The van der Waals surface area contributed by atoms with Crippen molar-refractivity contribution in [3.63, 3.8) is 0 Å². The quantitative estimate of drug-likeness (QED) is 0.626. The third-order valence-electron chi connectivity index (χ3n) is 2.53. The van der Waals surface area contributed by atoms with Gasteiger partial charge in [0.2, 0.25) is 5.89 Å². The average Bonchev–Trinajstić information content (AvgIpc) is 2.74. The summed E-state index contributed by atoms with van der Waals surface area (Å²) in [4.78, 5) is 4.30. The number of para-hydroxylation sites is 1. The number of phenolic OH excluding ortho intramolecular Hbond substituents is 1. The van der Waals surface area contributed by atoms with Crippen molar-refractivity contribution in [1.29, 1.82) is 0 Å². The summed E-state index contributed by atoms with van der Waals surface area (Å²) in [6.07, 6.45) is 0. The van der Waals surface area contributed by atoms with Crippen LogP contribution < -0.4 is 5.73 Å². The van der Waals surface area contributed by atoms with Gasteiger partial charge in [-0.2, -0.15) is 0 Å². The smallest absolute Gasteiger partial charge is 0.227 e. The van der Waals surface area contributed by atoms with Gasteiger partial charge in [-0.3, -0.25) is 0 Å². The van der Waals surface area contributed by atoms with Crippen molar-refractivity contribution in [1.82, 2.24) is 4.98 Å². The van der Waals surface area contributed by atoms with E-state index in [2.05, 4.69) is 4.98 Å². The maximum Gasteiger partial charge on any atom is 0.227 e. The molecule has 0 atom stereocenters. The molecule has 0 radical (unpaired) electrons. The first-order valence-electron chi connectivity index (χ1n) is 5.18. The largest absolute Gasteiger partial charge is 0.504 e. The van der Waals surface area contributed by atoms with Crippen molar-refractivity contribution < 1.29 is 9.52 Å². The molecule has 3 rings (SSSR count). The van der Waals surface area contributed by atoms with Gasteiger partial charge >= 0.3 is 0 Å². The number of aromatic nitrogens is 1. The van der Waals surface area contributed by atoms with E-state index in [1.807, 2.05) is 12.1 Å². The molecule has 17 heavy (non-hydrogen) atoms. The molecule has 1 aromatic heterocycles. The second-order valence-electron chi connectivity index (χ2n) is 3.77. The van der Waals surface area contributed by atoms with Gasteiger partial charge in [0.05, 0.1) is 0 Å². The number of nitrogens with two attached hydrogens (primary N) is 1. The van der Waals surface area contributed by atoms with Crippen LogP contribution in [0.3, 0.4) is 0 Å². The second-order valence-corrected chi connectivity index (χ2v) is 3.77. The lowest BCUT2D eigenvalue weighted by atomic mass is 10.2. The van der Waals surface area contributed by atoms with Gasteiger partial charge in [0.15, 0.2) is 11.3 Å². The molecular formula is C13H10N2O2. The Morgan fingerprint density at radius 2 is 1.94 bits per heavy atom. The number of rotatable bonds is 1. The molecule has 0 unspecified atom stereocenters. The Bertz CT molecular complexity index is 689. The minimum absolute atomic E-state index is 0.0881. The number of nitrogen functional groups attached to an aromatic ring is 1. The highest BCUT2D eigenvalue weighted by Gasteiger charge is 2.10. The Balaban J connectivity index is 2.22. The summed E-state index contributed by atoms with van der Waals surface area (Å²) < 4.78 is 5.52. The molecule has 0 aliphatic rings. The Morgan fingerprint density at radius 1 is 1.12 bits per heavy atom. The zero-order chi connectivity index (χ0) is 11.8. The van der Waals surface area contributed by atoms with Crippen LogP contribution in [0.5, 0.6) is 5.75 Å². The molecule has 3 aromatic rings. The monoisotopic (exact) mass is 226 g/mol. The molecule has 0 saturated carbocycles. The SMILES string of the molecule is Nc1cccc(-c2nc3cccc(O)c3o2)c1. The van der Waals surface area contributed by atoms with E-state index in [1.165, 1.54) is 0 Å². The molecule has 2 aromatic carbocycles. The Morgan fingerprint density at radius 3 is 2.71 bits per heavy atom. The van der Waals surface area contributed by atoms with Gasteiger partial charge in [-0.15, -0.1) is 0 Å². The maximum atomic E-state index is 9.63. The first kappa shape index (κ1) is 9.72. The summed E-state index contributed by atoms with van der Waals surface area (Å²) in [5.41, 5.74) is 8.16. The van der Waals surface area contributed by atoms with Crippen molar-refractivity contribution in [2.45, 2.75) is 0 Å². The Labute approximate surface area is 97.3 Å². The summed E-state index contributed by atoms with van der Waals surface area (Å²) in [5.74, 6) is 0.541. The van der Waals surface area contributed by atoms with Crippen LogP contribution in [0.15, 0.2) is 46.9 Å². The van der Waals surface area contributed by atoms with Crippen molar-refractivity contribution in [2.75, 3.05) is 5.73 Å². The van der Waals surface area contributed by atoms with Crippen LogP contribution >= 0.6 is 0 Å². The molecule has 84 valence electrons. The Kier molecular flexibility index (Phi) is 2.01. The van der Waals surface area contributed by atoms with Crippen LogP contribution in [0.25, 0.3) is 22.6 Å². The molecule has 0 bridgehead atoms. The van der Waals surface area contributed by atoms with E-state index in [0.29, 0.717) is 22.7 Å². The van der Waals surface area contributed by atoms with Crippen LogP contribution in [-0.4, -0.2) is 10.1 Å². The molecule has 1 heterocycles. The normalized spacial score (nSPS) is 10.8. The Hall–Kier alpha value is -2.49. The van der Waals surface area contributed by atoms with Crippen LogP contribution in [0.2, 0.25) is 0 Å². The van der Waals surface area contributed by atoms with Gasteiger partial charge in [0, 0.05) is 11.3 Å². The fourth-order valence-electron chi connectivity index (χ4n) is 1.73. The summed E-state index contributed by atoms with van der Waals surface area (Å²) in [5, 5.41) is 9.63. The lowest BCUT2D eigenvalue weighted by Gasteiger charge is -1.96. The van der Waals surface area contributed by atoms with Crippen molar-refractivity contribution in [3.8, 4) is 17.2 Å². The molecule has 0 spiro atoms. The highest BCUT2D eigenvalue weighted by molar-refractivity contribution is 5.81. The maximum absolute atomic E-state index is 9.63. The van der Waals surface area contributed by atoms with E-state index in [4.69, 9.17) is 10.2 Å². The average molecular weight is 226 g/mol. The first-order valence-corrected chi connectivity index (χ1v) is 5.18. The molecule has 0 saturated heterocycles. The molecule has 0 aliphatic carbocycles. The van der Waals surface area contributed by atoms with Gasteiger partial charge in [0.1, 0.15) is 5.52 Å². The molecular weight excluding hydrogens is 216 g/mol. The van der Waals surface area contributed by atoms with Gasteiger partial charge in [-0.1, -0.05) is 12.1 Å². The molecule has 0 amide bonds. The van der Waals surface area contributed by atoms with E-state index >= 15 is 0 Å². The highest BCUT2D eigenvalue weighted by atomic mass is 16.4. The molecule has 0 fully saturated rings. The topological polar surface area (TPSA) is 72.3 Å². The standard InChI is InChI=1S/C13H10N2O2/c14-9-4-1-3-8(7-9)13-15-10-5-2-6-11(16)12(10)17-13/h1-7,16H,14H2. The highest BCUT2D eigenvalue weighted by Crippen LogP contribution is 2.30. The number of anilines is 1. The van der Waals surface area contributed by atoms with E-state index in [1.54, 1.807) is 30.3 Å². The minimum Gasteiger partial charge on any atom is -0.504 e. The van der Waals surface area contributed by atoms with Gasteiger partial charge in [-0.25, -0.2) is 4.98 Å². The van der Waals surface area contributed by atoms with Crippen LogP contribution in [0, 0.1) is 0 Å². The predicted molar refractivity (Wildman–Crippen MR) is 65.5 cm³/mol. The van der Waals surface area contributed by atoms with E-state index in [-0.39, 0.29) is 5.75 Å². The lowest BCUT2D eigenvalue weighted by Crippen LogP contribution is -1.84. The number of aromatic hydroxyl groups is 1. The molecule has 0 aliphatic heterocycles. The number of fused-ring (bicyclic) bond motifs is 1. The third-order valence-corrected chi connectivity index (χ3v) is 2.53. The van der Waals surface area contributed by atoms with Gasteiger partial charge in [0.25, 0.3) is 0 Å². The number of phenols is 1. The van der Waals surface area contributed by atoms with Gasteiger partial charge < -0.3 is 15.3 Å². The first-order chi connectivity index (χ1) is 8.24. The van der Waals surface area contributed by atoms with Crippen molar-refractivity contribution in [3.05, 3.63) is 42.5 Å². The molecule has 4 nitrogen and oxygen atoms in total. The summed E-state index contributed by atoms with van der Waals surface area (Å²) in [7, 11) is 0. The lowest BCUT2D eigenvalue weighted by molar-refractivity contribution is 0.466. The zero-order valence-electron chi connectivity index (χ0n) is 8.92. The number of benzene rings is 2. The number of oxazole rings is 1.